The van der Waals surface area contributed by atoms with E-state index in [1.807, 2.05) is 36.4 Å². The fourth-order valence-corrected chi connectivity index (χ4v) is 8.25. The summed E-state index contributed by atoms with van der Waals surface area (Å²) in [5.74, 6) is 0. The van der Waals surface area contributed by atoms with Gasteiger partial charge in [0.25, 0.3) is 0 Å². The molecule has 0 radical (unpaired) electrons. The number of hydrogen-bond donors (Lipinski definition) is 1. The second-order valence-corrected chi connectivity index (χ2v) is 10.6. The first-order valence-electron chi connectivity index (χ1n) is 6.63. The minimum atomic E-state index is -2.33. The lowest BCUT2D eigenvalue weighted by atomic mass is 10.4. The molecule has 0 aliphatic carbocycles. The van der Waals surface area contributed by atoms with E-state index in [-0.39, 0.29) is 6.23 Å². The van der Waals surface area contributed by atoms with E-state index in [1.165, 1.54) is 10.4 Å². The third-order valence-electron chi connectivity index (χ3n) is 3.43. The van der Waals surface area contributed by atoms with Crippen molar-refractivity contribution in [2.45, 2.75) is 6.55 Å². The summed E-state index contributed by atoms with van der Waals surface area (Å²) in [4.78, 5) is 0. The molecule has 1 N–H and O–H groups in total. The van der Waals surface area contributed by atoms with Crippen LogP contribution >= 0.6 is 0 Å². The Morgan fingerprint density at radius 1 is 0.950 bits per heavy atom. The van der Waals surface area contributed by atoms with Gasteiger partial charge in [0.05, 0.1) is 6.23 Å². The molecule has 0 saturated heterocycles. The van der Waals surface area contributed by atoms with E-state index in [9.17, 15) is 5.11 Å². The Kier molecular flexibility index (Phi) is 5.27. The van der Waals surface area contributed by atoms with E-state index in [4.69, 9.17) is 8.54 Å². The van der Waals surface area contributed by atoms with E-state index < -0.39 is 17.6 Å². The third kappa shape index (κ3) is 3.25. The summed E-state index contributed by atoms with van der Waals surface area (Å²) in [6.07, 6.45) is -0.0151. The van der Waals surface area contributed by atoms with Gasteiger partial charge in [0.15, 0.2) is 0 Å². The Hall–Kier alpha value is -1.25. The van der Waals surface area contributed by atoms with Crippen molar-refractivity contribution in [3.05, 3.63) is 60.7 Å². The highest BCUT2D eigenvalue weighted by atomic mass is 28.4. The molecule has 0 heterocycles. The fourth-order valence-electron chi connectivity index (χ4n) is 2.24. The number of hydrogen-bond acceptors (Lipinski definition) is 3. The zero-order chi connectivity index (χ0) is 14.4. The normalized spacial score (nSPS) is 13.2. The van der Waals surface area contributed by atoms with Gasteiger partial charge in [0, 0.05) is 7.11 Å². The minimum Gasteiger partial charge on any atom is -0.429 e. The Morgan fingerprint density at radius 2 is 1.40 bits per heavy atom. The number of aliphatic hydroxyl groups excluding tert-OH is 1. The van der Waals surface area contributed by atoms with E-state index in [0.717, 1.165) is 0 Å². The van der Waals surface area contributed by atoms with Gasteiger partial charge in [-0.1, -0.05) is 60.7 Å². The van der Waals surface area contributed by atoms with Crippen molar-refractivity contribution < 1.29 is 13.6 Å². The molecule has 0 saturated carbocycles. The molecule has 2 rings (SSSR count). The van der Waals surface area contributed by atoms with Crippen molar-refractivity contribution in [3.63, 3.8) is 0 Å². The van der Waals surface area contributed by atoms with Crippen LogP contribution in [0.25, 0.3) is 0 Å². The highest BCUT2D eigenvalue weighted by Crippen LogP contribution is 2.09. The van der Waals surface area contributed by atoms with Gasteiger partial charge in [-0.25, -0.2) is 0 Å². The fraction of sp³-hybridized carbons (Fsp3) is 0.200. The third-order valence-corrected chi connectivity index (χ3v) is 10.1. The lowest BCUT2D eigenvalue weighted by Crippen LogP contribution is -2.61. The van der Waals surface area contributed by atoms with Crippen molar-refractivity contribution in [1.82, 2.24) is 0 Å². The first-order chi connectivity index (χ1) is 9.70. The van der Waals surface area contributed by atoms with Crippen LogP contribution in [0.1, 0.15) is 0 Å². The van der Waals surface area contributed by atoms with Crippen LogP contribution in [0.3, 0.4) is 0 Å². The van der Waals surface area contributed by atoms with Crippen LogP contribution in [0, 0.1) is 0 Å². The van der Waals surface area contributed by atoms with Gasteiger partial charge in [0.2, 0.25) is 8.32 Å². The zero-order valence-corrected chi connectivity index (χ0v) is 14.0. The molecule has 0 aliphatic rings. The summed E-state index contributed by atoms with van der Waals surface area (Å²) < 4.78 is 11.7. The average Bonchev–Trinajstić information content (AvgIpc) is 2.54. The second kappa shape index (κ2) is 6.96. The molecule has 106 valence electrons. The van der Waals surface area contributed by atoms with Crippen LogP contribution in [0.4, 0.5) is 0 Å². The summed E-state index contributed by atoms with van der Waals surface area (Å²) in [5.41, 5.74) is 0. The molecule has 3 nitrogen and oxygen atoms in total. The van der Waals surface area contributed by atoms with Crippen LogP contribution in [-0.4, -0.2) is 36.0 Å². The zero-order valence-electron chi connectivity index (χ0n) is 11.8. The van der Waals surface area contributed by atoms with Crippen molar-refractivity contribution in [2.75, 3.05) is 13.3 Å². The molecule has 0 amide bonds. The van der Waals surface area contributed by atoms with Crippen molar-refractivity contribution in [1.29, 1.82) is 0 Å². The van der Waals surface area contributed by atoms with E-state index in [2.05, 4.69) is 30.8 Å². The van der Waals surface area contributed by atoms with Crippen LogP contribution < -0.4 is 10.4 Å². The maximum Gasteiger partial charge on any atom is 0.337 e. The molecule has 2 aromatic rings. The molecular weight excluding hydrogens is 284 g/mol. The first-order valence-corrected chi connectivity index (χ1v) is 10.8. The van der Waals surface area contributed by atoms with Crippen molar-refractivity contribution in [2.24, 2.45) is 0 Å². The molecule has 0 aliphatic heterocycles. The molecule has 2 aromatic carbocycles. The maximum atomic E-state index is 9.42. The van der Waals surface area contributed by atoms with Crippen molar-refractivity contribution >= 4 is 28.0 Å². The maximum absolute atomic E-state index is 9.42. The summed E-state index contributed by atoms with van der Waals surface area (Å²) >= 11 is 0. The topological polar surface area (TPSA) is 38.7 Å². The van der Waals surface area contributed by atoms with E-state index in [0.29, 0.717) is 0 Å². The number of aliphatic hydroxyl groups is 1. The first kappa shape index (κ1) is 15.1. The summed E-state index contributed by atoms with van der Waals surface area (Å²) in [5, 5.41) is 11.8. The predicted molar refractivity (Wildman–Crippen MR) is 86.1 cm³/mol. The van der Waals surface area contributed by atoms with Gasteiger partial charge in [-0.05, 0) is 16.9 Å². The summed E-state index contributed by atoms with van der Waals surface area (Å²) in [6, 6.07) is 20.5. The molecule has 5 heteroatoms. The largest absolute Gasteiger partial charge is 0.429 e. The van der Waals surface area contributed by atoms with Gasteiger partial charge in [-0.3, -0.25) is 0 Å². The lowest BCUT2D eigenvalue weighted by Gasteiger charge is -2.31. The van der Waals surface area contributed by atoms with Gasteiger partial charge in [0.1, 0.15) is 0 Å². The van der Waals surface area contributed by atoms with Crippen LogP contribution in [-0.2, 0) is 8.54 Å². The SMILES string of the molecule is CO[SiH](CO)O[Si](C)(c1ccccc1)c1ccccc1. The molecule has 1 atom stereocenters. The van der Waals surface area contributed by atoms with Crippen LogP contribution in [0.5, 0.6) is 0 Å². The Labute approximate surface area is 122 Å². The van der Waals surface area contributed by atoms with E-state index in [1.54, 1.807) is 7.11 Å². The average molecular weight is 304 g/mol. The molecular formula is C15H20O3Si2. The quantitative estimate of drug-likeness (QED) is 0.802. The Balaban J connectivity index is 2.43. The monoisotopic (exact) mass is 304 g/mol. The summed E-state index contributed by atoms with van der Waals surface area (Å²) in [7, 11) is -2.76. The standard InChI is InChI=1S/C15H20O3Si2/c1-17-19(13-16)18-20(2,14-9-5-3-6-10-14)15-11-7-4-8-12-15/h3-12,16,19H,13H2,1-2H3. The second-order valence-electron chi connectivity index (χ2n) is 4.73. The Morgan fingerprint density at radius 3 is 1.75 bits per heavy atom. The number of rotatable bonds is 6. The number of benzene rings is 2. The molecule has 0 spiro atoms. The Bertz CT molecular complexity index is 476. The van der Waals surface area contributed by atoms with Gasteiger partial charge in [-0.2, -0.15) is 0 Å². The van der Waals surface area contributed by atoms with Gasteiger partial charge in [-0.15, -0.1) is 0 Å². The minimum absolute atomic E-state index is 0.0151. The molecule has 0 aromatic heterocycles. The highest BCUT2D eigenvalue weighted by molar-refractivity contribution is 6.99. The molecule has 0 fully saturated rings. The predicted octanol–water partition coefficient (Wildman–Crippen LogP) is 0.791. The van der Waals surface area contributed by atoms with Crippen molar-refractivity contribution in [3.8, 4) is 0 Å². The molecule has 0 bridgehead atoms. The molecule has 1 unspecified atom stereocenters. The summed E-state index contributed by atoms with van der Waals surface area (Å²) in [6.45, 7) is 2.16. The highest BCUT2D eigenvalue weighted by Gasteiger charge is 2.36. The van der Waals surface area contributed by atoms with Crippen LogP contribution in [0.2, 0.25) is 6.55 Å². The smallest absolute Gasteiger partial charge is 0.337 e. The van der Waals surface area contributed by atoms with Gasteiger partial charge >= 0.3 is 9.28 Å². The van der Waals surface area contributed by atoms with Crippen LogP contribution in [0.15, 0.2) is 60.7 Å². The molecule has 20 heavy (non-hydrogen) atoms. The van der Waals surface area contributed by atoms with Gasteiger partial charge < -0.3 is 13.6 Å². The van der Waals surface area contributed by atoms with E-state index >= 15 is 0 Å². The lowest BCUT2D eigenvalue weighted by molar-refractivity contribution is 0.265.